The van der Waals surface area contributed by atoms with E-state index in [0.717, 1.165) is 23.3 Å². The van der Waals surface area contributed by atoms with Crippen LogP contribution >= 0.6 is 11.3 Å². The summed E-state index contributed by atoms with van der Waals surface area (Å²) in [7, 11) is -2.19. The van der Waals surface area contributed by atoms with Crippen LogP contribution in [0.2, 0.25) is 0 Å². The molecule has 8 heteroatoms. The van der Waals surface area contributed by atoms with Crippen LogP contribution in [-0.2, 0) is 16.6 Å². The number of methoxy groups -OCH3 is 1. The van der Waals surface area contributed by atoms with E-state index in [-0.39, 0.29) is 9.77 Å². The largest absolute Gasteiger partial charge is 0.497 e. The van der Waals surface area contributed by atoms with Gasteiger partial charge < -0.3 is 4.74 Å². The fraction of sp³-hybridized carbons (Fsp3) is 0.235. The molecule has 1 heterocycles. The van der Waals surface area contributed by atoms with Gasteiger partial charge in [0.1, 0.15) is 5.75 Å². The van der Waals surface area contributed by atoms with E-state index in [1.165, 1.54) is 6.07 Å². The molecule has 2 aromatic carbocycles. The number of aryl methyl sites for hydroxylation is 1. The second-order valence-electron chi connectivity index (χ2n) is 5.48. The van der Waals surface area contributed by atoms with E-state index >= 15 is 0 Å². The monoisotopic (exact) mass is 378 g/mol. The van der Waals surface area contributed by atoms with Gasteiger partial charge >= 0.3 is 4.87 Å². The molecule has 0 aliphatic heterocycles. The quantitative estimate of drug-likeness (QED) is 0.714. The summed E-state index contributed by atoms with van der Waals surface area (Å²) in [5, 5.41) is 0. The molecule has 0 amide bonds. The maximum atomic E-state index is 12.6. The van der Waals surface area contributed by atoms with Crippen LogP contribution in [0.15, 0.2) is 52.2 Å². The number of thiazole rings is 1. The van der Waals surface area contributed by atoms with Gasteiger partial charge in [-0.1, -0.05) is 18.3 Å². The van der Waals surface area contributed by atoms with Gasteiger partial charge in [-0.3, -0.25) is 14.1 Å². The lowest BCUT2D eigenvalue weighted by Crippen LogP contribution is -2.13. The van der Waals surface area contributed by atoms with E-state index < -0.39 is 10.0 Å². The molecule has 0 spiro atoms. The van der Waals surface area contributed by atoms with Crippen molar-refractivity contribution < 1.29 is 13.2 Å². The second-order valence-corrected chi connectivity index (χ2v) is 8.16. The van der Waals surface area contributed by atoms with Crippen molar-refractivity contribution in [2.75, 3.05) is 11.8 Å². The lowest BCUT2D eigenvalue weighted by molar-refractivity contribution is 0.415. The normalized spacial score (nSPS) is 11.6. The molecule has 6 nitrogen and oxygen atoms in total. The minimum atomic E-state index is -3.74. The van der Waals surface area contributed by atoms with E-state index in [4.69, 9.17) is 4.74 Å². The first-order chi connectivity index (χ1) is 11.9. The van der Waals surface area contributed by atoms with Gasteiger partial charge in [-0.25, -0.2) is 8.42 Å². The molecule has 0 saturated carbocycles. The van der Waals surface area contributed by atoms with Crippen LogP contribution < -0.4 is 14.3 Å². The number of fused-ring (bicyclic) bond motifs is 1. The molecule has 1 N–H and O–H groups in total. The smallest absolute Gasteiger partial charge is 0.308 e. The van der Waals surface area contributed by atoms with Crippen molar-refractivity contribution in [1.29, 1.82) is 0 Å². The van der Waals surface area contributed by atoms with Gasteiger partial charge in [-0.05, 0) is 48.9 Å². The molecule has 0 aliphatic rings. The van der Waals surface area contributed by atoms with Gasteiger partial charge in [0.2, 0.25) is 0 Å². The molecule has 25 heavy (non-hydrogen) atoms. The second kappa shape index (κ2) is 6.89. The molecular weight excluding hydrogens is 360 g/mol. The Morgan fingerprint density at radius 2 is 1.88 bits per heavy atom. The van der Waals surface area contributed by atoms with Crippen molar-refractivity contribution in [3.05, 3.63) is 52.1 Å². The highest BCUT2D eigenvalue weighted by Gasteiger charge is 2.17. The Hall–Kier alpha value is -2.32. The zero-order valence-corrected chi connectivity index (χ0v) is 15.5. The Labute approximate surface area is 149 Å². The van der Waals surface area contributed by atoms with Crippen LogP contribution in [0.25, 0.3) is 10.2 Å². The number of nitrogens with zero attached hydrogens (tertiary/aromatic N) is 1. The van der Waals surface area contributed by atoms with Gasteiger partial charge in [-0.15, -0.1) is 0 Å². The average molecular weight is 378 g/mol. The molecule has 0 bridgehead atoms. The first kappa shape index (κ1) is 17.5. The van der Waals surface area contributed by atoms with Gasteiger partial charge in [0, 0.05) is 12.2 Å². The molecule has 0 aliphatic carbocycles. The van der Waals surface area contributed by atoms with Crippen molar-refractivity contribution in [3.8, 4) is 5.75 Å². The Bertz CT molecular complexity index is 1050. The Balaban J connectivity index is 1.95. The summed E-state index contributed by atoms with van der Waals surface area (Å²) in [5.74, 6) is 0.645. The number of hydrogen-bond donors (Lipinski definition) is 1. The topological polar surface area (TPSA) is 77.4 Å². The molecule has 0 fully saturated rings. The lowest BCUT2D eigenvalue weighted by atomic mass is 10.3. The third-order valence-electron chi connectivity index (χ3n) is 3.74. The molecule has 0 saturated heterocycles. The summed E-state index contributed by atoms with van der Waals surface area (Å²) in [5.41, 5.74) is 1.21. The number of ether oxygens (including phenoxy) is 1. The van der Waals surface area contributed by atoms with Gasteiger partial charge in [0.25, 0.3) is 10.0 Å². The first-order valence-electron chi connectivity index (χ1n) is 7.75. The predicted octanol–water partition coefficient (Wildman–Crippen LogP) is 3.28. The summed E-state index contributed by atoms with van der Waals surface area (Å²) >= 11 is 1.06. The molecule has 3 rings (SSSR count). The third kappa shape index (κ3) is 3.54. The van der Waals surface area contributed by atoms with E-state index in [1.54, 1.807) is 48.1 Å². The van der Waals surface area contributed by atoms with Crippen LogP contribution in [0, 0.1) is 0 Å². The van der Waals surface area contributed by atoms with Crippen molar-refractivity contribution in [3.63, 3.8) is 0 Å². The zero-order chi connectivity index (χ0) is 18.0. The number of nitrogens with one attached hydrogen (secondary N) is 1. The Kier molecular flexibility index (Phi) is 4.82. The highest BCUT2D eigenvalue weighted by atomic mass is 32.2. The first-order valence-corrected chi connectivity index (χ1v) is 10.0. The number of aromatic nitrogens is 1. The molecule has 0 unspecified atom stereocenters. The van der Waals surface area contributed by atoms with E-state index in [1.807, 2.05) is 6.92 Å². The van der Waals surface area contributed by atoms with Crippen molar-refractivity contribution in [1.82, 2.24) is 4.57 Å². The summed E-state index contributed by atoms with van der Waals surface area (Å²) in [6.07, 6.45) is 0.838. The van der Waals surface area contributed by atoms with Crippen molar-refractivity contribution in [2.45, 2.75) is 24.8 Å². The Morgan fingerprint density at radius 1 is 1.16 bits per heavy atom. The third-order valence-corrected chi connectivity index (χ3v) is 6.06. The molecular formula is C17H18N2O4S2. The summed E-state index contributed by atoms with van der Waals surface area (Å²) < 4.78 is 35.1. The van der Waals surface area contributed by atoms with Crippen LogP contribution in [0.3, 0.4) is 0 Å². The minimum Gasteiger partial charge on any atom is -0.497 e. The van der Waals surface area contributed by atoms with E-state index in [0.29, 0.717) is 22.7 Å². The van der Waals surface area contributed by atoms with Crippen molar-refractivity contribution >= 4 is 37.3 Å². The van der Waals surface area contributed by atoms with Gasteiger partial charge in [0.05, 0.1) is 22.2 Å². The van der Waals surface area contributed by atoms with Crippen LogP contribution in [0.5, 0.6) is 5.75 Å². The van der Waals surface area contributed by atoms with E-state index in [2.05, 4.69) is 4.72 Å². The minimum absolute atomic E-state index is 0.0745. The van der Waals surface area contributed by atoms with Gasteiger partial charge in [0.15, 0.2) is 0 Å². The number of hydrogen-bond acceptors (Lipinski definition) is 5. The molecule has 0 atom stereocenters. The lowest BCUT2D eigenvalue weighted by Gasteiger charge is -2.09. The number of anilines is 1. The molecule has 132 valence electrons. The molecule has 1 aromatic heterocycles. The van der Waals surface area contributed by atoms with Gasteiger partial charge in [-0.2, -0.15) is 0 Å². The standard InChI is InChI=1S/C17H18N2O4S2/c1-3-10-19-15-9-8-14(11-16(15)24-17(19)20)25(21,22)18-12-4-6-13(23-2)7-5-12/h4-9,11,18H,3,10H2,1-2H3. The molecule has 0 radical (unpaired) electrons. The summed E-state index contributed by atoms with van der Waals surface area (Å²) in [6.45, 7) is 2.61. The highest BCUT2D eigenvalue weighted by molar-refractivity contribution is 7.92. The highest BCUT2D eigenvalue weighted by Crippen LogP contribution is 2.24. The van der Waals surface area contributed by atoms with Crippen LogP contribution in [-0.4, -0.2) is 20.1 Å². The summed E-state index contributed by atoms with van der Waals surface area (Å²) in [4.78, 5) is 12.1. The van der Waals surface area contributed by atoms with Crippen LogP contribution in [0.4, 0.5) is 5.69 Å². The fourth-order valence-electron chi connectivity index (χ4n) is 2.52. The average Bonchev–Trinajstić information content (AvgIpc) is 2.90. The number of sulfonamides is 1. The number of benzene rings is 2. The zero-order valence-electron chi connectivity index (χ0n) is 13.9. The SMILES string of the molecule is CCCn1c(=O)sc2cc(S(=O)(=O)Nc3ccc(OC)cc3)ccc21. The number of rotatable bonds is 6. The van der Waals surface area contributed by atoms with Crippen molar-refractivity contribution in [2.24, 2.45) is 0 Å². The predicted molar refractivity (Wildman–Crippen MR) is 100 cm³/mol. The summed E-state index contributed by atoms with van der Waals surface area (Å²) in [6, 6.07) is 11.4. The maximum absolute atomic E-state index is 12.6. The fourth-order valence-corrected chi connectivity index (χ4v) is 4.64. The maximum Gasteiger partial charge on any atom is 0.308 e. The molecule has 3 aromatic rings. The van der Waals surface area contributed by atoms with E-state index in [9.17, 15) is 13.2 Å². The Morgan fingerprint density at radius 3 is 2.52 bits per heavy atom. The van der Waals surface area contributed by atoms with Crippen LogP contribution in [0.1, 0.15) is 13.3 Å².